The average Bonchev–Trinajstić information content (AvgIpc) is 2.75. The number of fused-ring (bicyclic) bond motifs is 1. The minimum Gasteiger partial charge on any atom is -0.494 e. The SMILES string of the molecule is N=C(c1ccccc1)c1c(O)[nH]c2ccccc12. The second kappa shape index (κ2) is 4.04. The van der Waals surface area contributed by atoms with Crippen molar-refractivity contribution >= 4 is 16.6 Å². The van der Waals surface area contributed by atoms with E-state index < -0.39 is 0 Å². The number of rotatable bonds is 2. The number of aromatic nitrogens is 1. The first kappa shape index (κ1) is 10.6. The topological polar surface area (TPSA) is 59.9 Å². The smallest absolute Gasteiger partial charge is 0.199 e. The summed E-state index contributed by atoms with van der Waals surface area (Å²) in [5, 5.41) is 19.1. The van der Waals surface area contributed by atoms with Gasteiger partial charge >= 0.3 is 0 Å². The number of hydrogen-bond donors (Lipinski definition) is 3. The van der Waals surface area contributed by atoms with E-state index in [0.29, 0.717) is 11.3 Å². The largest absolute Gasteiger partial charge is 0.494 e. The van der Waals surface area contributed by atoms with Crippen LogP contribution < -0.4 is 0 Å². The molecular weight excluding hydrogens is 224 g/mol. The van der Waals surface area contributed by atoms with Crippen LogP contribution in [0, 0.1) is 5.41 Å². The number of para-hydroxylation sites is 1. The van der Waals surface area contributed by atoms with Crippen LogP contribution in [0.1, 0.15) is 11.1 Å². The zero-order chi connectivity index (χ0) is 12.5. The fraction of sp³-hybridized carbons (Fsp3) is 0. The molecule has 0 aliphatic rings. The van der Waals surface area contributed by atoms with Gasteiger partial charge in [0.25, 0.3) is 0 Å². The van der Waals surface area contributed by atoms with Crippen LogP contribution in [0.25, 0.3) is 10.9 Å². The van der Waals surface area contributed by atoms with Crippen molar-refractivity contribution in [2.75, 3.05) is 0 Å². The van der Waals surface area contributed by atoms with Gasteiger partial charge in [0.05, 0.1) is 11.3 Å². The maximum atomic E-state index is 9.97. The maximum absolute atomic E-state index is 9.97. The Kier molecular flexibility index (Phi) is 2.38. The van der Waals surface area contributed by atoms with Crippen molar-refractivity contribution in [3.8, 4) is 5.88 Å². The molecule has 1 heterocycles. The lowest BCUT2D eigenvalue weighted by molar-refractivity contribution is 0.457. The molecule has 0 aliphatic carbocycles. The van der Waals surface area contributed by atoms with Crippen LogP contribution in [-0.2, 0) is 0 Å². The molecule has 2 aromatic carbocycles. The fourth-order valence-corrected chi connectivity index (χ4v) is 2.13. The van der Waals surface area contributed by atoms with E-state index in [1.807, 2.05) is 54.6 Å². The molecule has 0 saturated heterocycles. The third kappa shape index (κ3) is 1.57. The summed E-state index contributed by atoms with van der Waals surface area (Å²) < 4.78 is 0. The van der Waals surface area contributed by atoms with Gasteiger partial charge in [-0.15, -0.1) is 0 Å². The van der Waals surface area contributed by atoms with Gasteiger partial charge in [-0.3, -0.25) is 5.41 Å². The van der Waals surface area contributed by atoms with Crippen LogP contribution >= 0.6 is 0 Å². The lowest BCUT2D eigenvalue weighted by Gasteiger charge is -2.03. The summed E-state index contributed by atoms with van der Waals surface area (Å²) in [6.45, 7) is 0. The van der Waals surface area contributed by atoms with Crippen LogP contribution in [0.5, 0.6) is 5.88 Å². The van der Waals surface area contributed by atoms with Gasteiger partial charge < -0.3 is 10.1 Å². The molecule has 3 nitrogen and oxygen atoms in total. The van der Waals surface area contributed by atoms with Crippen molar-refractivity contribution in [1.82, 2.24) is 4.98 Å². The summed E-state index contributed by atoms with van der Waals surface area (Å²) in [4.78, 5) is 2.89. The zero-order valence-corrected chi connectivity index (χ0v) is 9.64. The molecule has 3 heteroatoms. The Morgan fingerprint density at radius 2 is 1.61 bits per heavy atom. The first-order valence-electron chi connectivity index (χ1n) is 5.71. The normalized spacial score (nSPS) is 10.7. The molecule has 0 fully saturated rings. The third-order valence-corrected chi connectivity index (χ3v) is 3.00. The molecule has 88 valence electrons. The van der Waals surface area contributed by atoms with Gasteiger partial charge in [-0.1, -0.05) is 48.5 Å². The molecular formula is C15H12N2O. The van der Waals surface area contributed by atoms with Gasteiger partial charge in [-0.2, -0.15) is 0 Å². The highest BCUT2D eigenvalue weighted by Gasteiger charge is 2.15. The maximum Gasteiger partial charge on any atom is 0.199 e. The van der Waals surface area contributed by atoms with Gasteiger partial charge in [0, 0.05) is 16.5 Å². The number of aromatic hydroxyl groups is 1. The summed E-state index contributed by atoms with van der Waals surface area (Å²) in [7, 11) is 0. The van der Waals surface area contributed by atoms with Crippen molar-refractivity contribution in [3.63, 3.8) is 0 Å². The van der Waals surface area contributed by atoms with Crippen LogP contribution in [0.2, 0.25) is 0 Å². The van der Waals surface area contributed by atoms with Crippen molar-refractivity contribution in [1.29, 1.82) is 5.41 Å². The summed E-state index contributed by atoms with van der Waals surface area (Å²) in [6, 6.07) is 17.0. The standard InChI is InChI=1S/C15H12N2O/c16-14(10-6-2-1-3-7-10)13-11-8-4-5-9-12(11)17-15(13)18/h1-9,16-18H. The number of aromatic amines is 1. The second-order valence-electron chi connectivity index (χ2n) is 4.14. The van der Waals surface area contributed by atoms with Gasteiger partial charge in [0.15, 0.2) is 5.88 Å². The molecule has 0 atom stereocenters. The number of nitrogens with one attached hydrogen (secondary N) is 2. The molecule has 0 aliphatic heterocycles. The average molecular weight is 236 g/mol. The molecule has 3 N–H and O–H groups in total. The zero-order valence-electron chi connectivity index (χ0n) is 9.64. The number of benzene rings is 2. The molecule has 0 unspecified atom stereocenters. The van der Waals surface area contributed by atoms with E-state index in [1.165, 1.54) is 0 Å². The minimum absolute atomic E-state index is 0.0463. The molecule has 0 radical (unpaired) electrons. The van der Waals surface area contributed by atoms with E-state index in [2.05, 4.69) is 4.98 Å². The van der Waals surface area contributed by atoms with E-state index >= 15 is 0 Å². The third-order valence-electron chi connectivity index (χ3n) is 3.00. The summed E-state index contributed by atoms with van der Waals surface area (Å²) in [5.41, 5.74) is 2.51. The molecule has 3 aromatic rings. The molecule has 1 aromatic heterocycles. The first-order valence-corrected chi connectivity index (χ1v) is 5.71. The van der Waals surface area contributed by atoms with E-state index in [-0.39, 0.29) is 5.88 Å². The lowest BCUT2D eigenvalue weighted by Crippen LogP contribution is -2.00. The van der Waals surface area contributed by atoms with Gasteiger partial charge in [0.2, 0.25) is 0 Å². The van der Waals surface area contributed by atoms with Crippen molar-refractivity contribution < 1.29 is 5.11 Å². The van der Waals surface area contributed by atoms with Crippen LogP contribution in [0.3, 0.4) is 0 Å². The van der Waals surface area contributed by atoms with E-state index in [4.69, 9.17) is 5.41 Å². The second-order valence-corrected chi connectivity index (χ2v) is 4.14. The Morgan fingerprint density at radius 3 is 2.39 bits per heavy atom. The van der Waals surface area contributed by atoms with Crippen LogP contribution in [-0.4, -0.2) is 15.8 Å². The van der Waals surface area contributed by atoms with E-state index in [0.717, 1.165) is 16.5 Å². The van der Waals surface area contributed by atoms with Gasteiger partial charge in [-0.05, 0) is 6.07 Å². The van der Waals surface area contributed by atoms with Crippen LogP contribution in [0.4, 0.5) is 0 Å². The quantitative estimate of drug-likeness (QED) is 0.587. The van der Waals surface area contributed by atoms with Crippen molar-refractivity contribution in [2.45, 2.75) is 0 Å². The van der Waals surface area contributed by atoms with Crippen molar-refractivity contribution in [2.24, 2.45) is 0 Å². The Balaban J connectivity index is 2.21. The number of H-pyrrole nitrogens is 1. The minimum atomic E-state index is 0.0463. The molecule has 0 spiro atoms. The van der Waals surface area contributed by atoms with Gasteiger partial charge in [-0.25, -0.2) is 0 Å². The predicted molar refractivity (Wildman–Crippen MR) is 72.3 cm³/mol. The van der Waals surface area contributed by atoms with E-state index in [1.54, 1.807) is 0 Å². The Morgan fingerprint density at radius 1 is 0.944 bits per heavy atom. The van der Waals surface area contributed by atoms with Gasteiger partial charge in [0.1, 0.15) is 0 Å². The van der Waals surface area contributed by atoms with Crippen molar-refractivity contribution in [3.05, 3.63) is 65.7 Å². The Hall–Kier alpha value is -2.55. The molecule has 0 bridgehead atoms. The summed E-state index contributed by atoms with van der Waals surface area (Å²) in [6.07, 6.45) is 0. The molecule has 3 rings (SSSR count). The highest BCUT2D eigenvalue weighted by molar-refractivity contribution is 6.19. The lowest BCUT2D eigenvalue weighted by atomic mass is 10.0. The van der Waals surface area contributed by atoms with E-state index in [9.17, 15) is 5.11 Å². The van der Waals surface area contributed by atoms with Crippen LogP contribution in [0.15, 0.2) is 54.6 Å². The monoisotopic (exact) mass is 236 g/mol. The summed E-state index contributed by atoms with van der Waals surface area (Å²) in [5.74, 6) is 0.0463. The first-order chi connectivity index (χ1) is 8.77. The highest BCUT2D eigenvalue weighted by atomic mass is 16.3. The highest BCUT2D eigenvalue weighted by Crippen LogP contribution is 2.28. The summed E-state index contributed by atoms with van der Waals surface area (Å²) >= 11 is 0. The molecule has 0 amide bonds. The Bertz CT molecular complexity index is 714. The predicted octanol–water partition coefficient (Wildman–Crippen LogP) is 3.29. The Labute approximate surface area is 104 Å². The molecule has 0 saturated carbocycles. The fourth-order valence-electron chi connectivity index (χ4n) is 2.13. The molecule has 18 heavy (non-hydrogen) atoms. The number of hydrogen-bond acceptors (Lipinski definition) is 2.